The summed E-state index contributed by atoms with van der Waals surface area (Å²) in [5.41, 5.74) is 7.20. The highest BCUT2D eigenvalue weighted by Gasteiger charge is 2.21. The number of nitrogens with zero attached hydrogens (tertiary/aromatic N) is 1. The van der Waals surface area contributed by atoms with Crippen molar-refractivity contribution in [3.8, 4) is 0 Å². The van der Waals surface area contributed by atoms with Gasteiger partial charge in [0.05, 0.1) is 0 Å². The summed E-state index contributed by atoms with van der Waals surface area (Å²) in [5.74, 6) is 0. The van der Waals surface area contributed by atoms with Crippen LogP contribution in [-0.4, -0.2) is 25.0 Å². The summed E-state index contributed by atoms with van der Waals surface area (Å²) in [4.78, 5) is 2.33. The third-order valence-electron chi connectivity index (χ3n) is 3.24. The van der Waals surface area contributed by atoms with Crippen molar-refractivity contribution in [3.05, 3.63) is 34.9 Å². The van der Waals surface area contributed by atoms with E-state index in [9.17, 15) is 0 Å². The first-order chi connectivity index (χ1) is 7.85. The first-order valence-electron chi connectivity index (χ1n) is 6.01. The summed E-state index contributed by atoms with van der Waals surface area (Å²) in [6.07, 6.45) is 0. The van der Waals surface area contributed by atoms with E-state index in [-0.39, 0.29) is 17.8 Å². The first kappa shape index (κ1) is 17.7. The molecule has 0 aromatic heterocycles. The van der Waals surface area contributed by atoms with E-state index in [2.05, 4.69) is 44.9 Å². The van der Waals surface area contributed by atoms with Gasteiger partial charge in [-0.3, -0.25) is 4.90 Å². The van der Waals surface area contributed by atoms with Crippen molar-refractivity contribution in [1.82, 2.24) is 4.90 Å². The Morgan fingerprint density at radius 2 is 1.78 bits per heavy atom. The van der Waals surface area contributed by atoms with Gasteiger partial charge in [-0.25, -0.2) is 0 Å². The summed E-state index contributed by atoms with van der Waals surface area (Å²) in [6.45, 7) is 8.27. The van der Waals surface area contributed by atoms with Crippen molar-refractivity contribution in [2.75, 3.05) is 20.1 Å². The molecule has 0 fully saturated rings. The maximum Gasteiger partial charge on any atom is 0.0406 e. The third-order valence-corrected chi connectivity index (χ3v) is 3.50. The lowest BCUT2D eigenvalue weighted by molar-refractivity contribution is 0.174. The van der Waals surface area contributed by atoms with Gasteiger partial charge < -0.3 is 5.73 Å². The second-order valence-electron chi connectivity index (χ2n) is 5.51. The predicted molar refractivity (Wildman–Crippen MR) is 82.6 cm³/mol. The van der Waals surface area contributed by atoms with Crippen molar-refractivity contribution >= 4 is 24.0 Å². The molecule has 1 aromatic carbocycles. The Kier molecular flexibility index (Phi) is 7.23. The topological polar surface area (TPSA) is 29.3 Å². The molecule has 0 heterocycles. The molecule has 2 nitrogen and oxygen atoms in total. The third kappa shape index (κ3) is 5.15. The summed E-state index contributed by atoms with van der Waals surface area (Å²) in [6, 6.07) is 8.42. The van der Waals surface area contributed by atoms with Gasteiger partial charge >= 0.3 is 0 Å². The van der Waals surface area contributed by atoms with Crippen LogP contribution in [0.1, 0.15) is 32.4 Å². The van der Waals surface area contributed by atoms with Crippen LogP contribution in [-0.2, 0) is 0 Å². The highest BCUT2D eigenvalue weighted by Crippen LogP contribution is 2.24. The normalized spacial score (nSPS) is 13.3. The van der Waals surface area contributed by atoms with E-state index in [1.54, 1.807) is 0 Å². The highest BCUT2D eigenvalue weighted by molar-refractivity contribution is 6.30. The van der Waals surface area contributed by atoms with Crippen LogP contribution in [0.3, 0.4) is 0 Å². The van der Waals surface area contributed by atoms with Crippen LogP contribution in [0.25, 0.3) is 0 Å². The van der Waals surface area contributed by atoms with Crippen LogP contribution in [0.4, 0.5) is 0 Å². The molecule has 1 rings (SSSR count). The van der Waals surface area contributed by atoms with Gasteiger partial charge in [0, 0.05) is 17.6 Å². The standard InChI is InChI=1S/C14H23ClN2.ClH/c1-11(12-5-7-13(15)8-6-12)17(4)10-14(2,3)9-16;/h5-8,11H,9-10,16H2,1-4H3;1H. The predicted octanol–water partition coefficient (Wildman–Crippen LogP) is 3.74. The number of hydrogen-bond acceptors (Lipinski definition) is 2. The second kappa shape index (κ2) is 7.34. The number of hydrogen-bond donors (Lipinski definition) is 1. The van der Waals surface area contributed by atoms with Crippen molar-refractivity contribution in [1.29, 1.82) is 0 Å². The molecule has 1 aromatic rings. The van der Waals surface area contributed by atoms with Crippen molar-refractivity contribution in [2.24, 2.45) is 11.1 Å². The van der Waals surface area contributed by atoms with E-state index < -0.39 is 0 Å². The van der Waals surface area contributed by atoms with E-state index in [1.807, 2.05) is 12.1 Å². The van der Waals surface area contributed by atoms with Crippen LogP contribution in [0, 0.1) is 5.41 Å². The van der Waals surface area contributed by atoms with Gasteiger partial charge in [-0.1, -0.05) is 37.6 Å². The average molecular weight is 291 g/mol. The Morgan fingerprint density at radius 3 is 2.22 bits per heavy atom. The zero-order chi connectivity index (χ0) is 13.1. The van der Waals surface area contributed by atoms with Crippen LogP contribution in [0.2, 0.25) is 5.02 Å². The number of rotatable bonds is 5. The number of nitrogens with two attached hydrogens (primary N) is 1. The fourth-order valence-electron chi connectivity index (χ4n) is 1.87. The Labute approximate surface area is 122 Å². The van der Waals surface area contributed by atoms with Gasteiger partial charge in [0.15, 0.2) is 0 Å². The van der Waals surface area contributed by atoms with Gasteiger partial charge in [-0.05, 0) is 43.6 Å². The van der Waals surface area contributed by atoms with E-state index in [1.165, 1.54) is 5.56 Å². The van der Waals surface area contributed by atoms with Crippen molar-refractivity contribution < 1.29 is 0 Å². The van der Waals surface area contributed by atoms with E-state index >= 15 is 0 Å². The highest BCUT2D eigenvalue weighted by atomic mass is 35.5. The zero-order valence-corrected chi connectivity index (χ0v) is 13.2. The molecular formula is C14H24Cl2N2. The lowest BCUT2D eigenvalue weighted by Crippen LogP contribution is -2.37. The zero-order valence-electron chi connectivity index (χ0n) is 11.6. The molecule has 0 amide bonds. The Hall–Kier alpha value is -0.280. The maximum absolute atomic E-state index is 5.89. The molecule has 0 saturated heterocycles. The minimum absolute atomic E-state index is 0. The monoisotopic (exact) mass is 290 g/mol. The van der Waals surface area contributed by atoms with Crippen molar-refractivity contribution in [3.63, 3.8) is 0 Å². The van der Waals surface area contributed by atoms with Crippen LogP contribution >= 0.6 is 24.0 Å². The van der Waals surface area contributed by atoms with Gasteiger partial charge in [0.25, 0.3) is 0 Å². The molecule has 0 aliphatic heterocycles. The van der Waals surface area contributed by atoms with Gasteiger partial charge in [0.1, 0.15) is 0 Å². The fraction of sp³-hybridized carbons (Fsp3) is 0.571. The molecular weight excluding hydrogens is 267 g/mol. The molecule has 0 aliphatic carbocycles. The minimum atomic E-state index is 0. The maximum atomic E-state index is 5.89. The Balaban J connectivity index is 0.00000289. The van der Waals surface area contributed by atoms with Crippen molar-refractivity contribution in [2.45, 2.75) is 26.8 Å². The summed E-state index contributed by atoms with van der Waals surface area (Å²) < 4.78 is 0. The van der Waals surface area contributed by atoms with Crippen LogP contribution < -0.4 is 5.73 Å². The smallest absolute Gasteiger partial charge is 0.0406 e. The summed E-state index contributed by atoms with van der Waals surface area (Å²) in [5, 5.41) is 0.783. The van der Waals surface area contributed by atoms with Crippen LogP contribution in [0.5, 0.6) is 0 Å². The molecule has 1 atom stereocenters. The Morgan fingerprint density at radius 1 is 1.28 bits per heavy atom. The summed E-state index contributed by atoms with van der Waals surface area (Å²) in [7, 11) is 2.14. The van der Waals surface area contributed by atoms with Gasteiger partial charge in [-0.2, -0.15) is 0 Å². The SMILES string of the molecule is CC(c1ccc(Cl)cc1)N(C)CC(C)(C)CN.Cl. The average Bonchev–Trinajstić information content (AvgIpc) is 2.28. The molecule has 0 bridgehead atoms. The van der Waals surface area contributed by atoms with Gasteiger partial charge in [-0.15, -0.1) is 12.4 Å². The lowest BCUT2D eigenvalue weighted by Gasteiger charge is -2.33. The van der Waals surface area contributed by atoms with Gasteiger partial charge in [0.2, 0.25) is 0 Å². The molecule has 4 heteroatoms. The van der Waals surface area contributed by atoms with E-state index in [0.717, 1.165) is 11.6 Å². The molecule has 104 valence electrons. The fourth-order valence-corrected chi connectivity index (χ4v) is 2.00. The lowest BCUT2D eigenvalue weighted by atomic mass is 9.92. The first-order valence-corrected chi connectivity index (χ1v) is 6.39. The number of halogens is 2. The molecule has 0 saturated carbocycles. The van der Waals surface area contributed by atoms with E-state index in [0.29, 0.717) is 12.6 Å². The molecule has 0 spiro atoms. The molecule has 0 radical (unpaired) electrons. The van der Waals surface area contributed by atoms with E-state index in [4.69, 9.17) is 17.3 Å². The van der Waals surface area contributed by atoms with Crippen LogP contribution in [0.15, 0.2) is 24.3 Å². The molecule has 18 heavy (non-hydrogen) atoms. The molecule has 2 N–H and O–H groups in total. The molecule has 1 unspecified atom stereocenters. The Bertz CT molecular complexity index is 349. The molecule has 0 aliphatic rings. The largest absolute Gasteiger partial charge is 0.330 e. The number of benzene rings is 1. The minimum Gasteiger partial charge on any atom is -0.330 e. The second-order valence-corrected chi connectivity index (χ2v) is 5.95. The quantitative estimate of drug-likeness (QED) is 0.895. The summed E-state index contributed by atoms with van der Waals surface area (Å²) >= 11 is 5.89.